The van der Waals surface area contributed by atoms with Crippen molar-refractivity contribution >= 4 is 17.2 Å². The molecule has 1 aromatic carbocycles. The van der Waals surface area contributed by atoms with Crippen molar-refractivity contribution in [1.82, 2.24) is 4.98 Å². The molecule has 2 heterocycles. The molecule has 0 saturated heterocycles. The molecule has 4 heteroatoms. The first-order chi connectivity index (χ1) is 9.68. The number of hydrogen-bond donors (Lipinski definition) is 1. The molecule has 3 rings (SSSR count). The van der Waals surface area contributed by atoms with E-state index in [1.807, 2.05) is 19.2 Å². The van der Waals surface area contributed by atoms with Crippen LogP contribution in [0.25, 0.3) is 0 Å². The molecule has 104 valence electrons. The first-order valence-corrected chi connectivity index (χ1v) is 6.96. The number of likely N-dealkylation sites (N-methyl/N-ethyl adjacent to an activating group) is 1. The van der Waals surface area contributed by atoms with E-state index in [9.17, 15) is 0 Å². The Hall–Kier alpha value is -2.07. The van der Waals surface area contributed by atoms with Gasteiger partial charge < -0.3 is 15.5 Å². The van der Waals surface area contributed by atoms with E-state index < -0.39 is 0 Å². The lowest BCUT2D eigenvalue weighted by molar-refractivity contribution is 0.775. The summed E-state index contributed by atoms with van der Waals surface area (Å²) < 4.78 is 0. The number of anilines is 3. The van der Waals surface area contributed by atoms with Crippen LogP contribution in [-0.2, 0) is 0 Å². The lowest BCUT2D eigenvalue weighted by atomic mass is 10.1. The van der Waals surface area contributed by atoms with E-state index in [-0.39, 0.29) is 6.04 Å². The average Bonchev–Trinajstić information content (AvgIpc) is 2.48. The second-order valence-electron chi connectivity index (χ2n) is 5.27. The molecule has 0 amide bonds. The number of fused-ring (bicyclic) bond motifs is 1. The van der Waals surface area contributed by atoms with E-state index in [0.717, 1.165) is 24.5 Å². The Labute approximate surface area is 119 Å². The van der Waals surface area contributed by atoms with Crippen molar-refractivity contribution in [2.45, 2.75) is 13.0 Å². The molecule has 2 N–H and O–H groups in total. The van der Waals surface area contributed by atoms with Crippen LogP contribution in [0.4, 0.5) is 17.2 Å². The van der Waals surface area contributed by atoms with Gasteiger partial charge in [0.2, 0.25) is 0 Å². The monoisotopic (exact) mass is 268 g/mol. The molecule has 1 aliphatic rings. The molecule has 2 aromatic rings. The molecule has 0 bridgehead atoms. The third kappa shape index (κ3) is 2.12. The zero-order valence-corrected chi connectivity index (χ0v) is 12.0. The lowest BCUT2D eigenvalue weighted by Crippen LogP contribution is -2.37. The van der Waals surface area contributed by atoms with E-state index in [1.165, 1.54) is 11.4 Å². The summed E-state index contributed by atoms with van der Waals surface area (Å²) in [5.41, 5.74) is 9.61. The van der Waals surface area contributed by atoms with Gasteiger partial charge in [-0.3, -0.25) is 0 Å². The van der Waals surface area contributed by atoms with Crippen molar-refractivity contribution in [3.63, 3.8) is 0 Å². The maximum atomic E-state index is 6.09. The van der Waals surface area contributed by atoms with Gasteiger partial charge in [0.05, 0.1) is 11.4 Å². The Morgan fingerprint density at radius 3 is 2.60 bits per heavy atom. The molecule has 1 aromatic heterocycles. The number of aromatic nitrogens is 1. The molecule has 0 aliphatic carbocycles. The quantitative estimate of drug-likeness (QED) is 0.909. The van der Waals surface area contributed by atoms with Crippen molar-refractivity contribution < 1.29 is 0 Å². The first-order valence-electron chi connectivity index (χ1n) is 6.96. The van der Waals surface area contributed by atoms with Crippen LogP contribution in [0, 0.1) is 0 Å². The smallest absolute Gasteiger partial charge is 0.137 e. The summed E-state index contributed by atoms with van der Waals surface area (Å²) >= 11 is 0. The third-order valence-corrected chi connectivity index (χ3v) is 3.81. The van der Waals surface area contributed by atoms with Crippen molar-refractivity contribution in [2.75, 3.05) is 29.9 Å². The summed E-state index contributed by atoms with van der Waals surface area (Å²) in [6.45, 7) is 3.90. The van der Waals surface area contributed by atoms with Gasteiger partial charge in [-0.2, -0.15) is 0 Å². The van der Waals surface area contributed by atoms with Gasteiger partial charge in [-0.1, -0.05) is 18.2 Å². The van der Waals surface area contributed by atoms with E-state index >= 15 is 0 Å². The molecular formula is C16H20N4. The number of pyridine rings is 1. The van der Waals surface area contributed by atoms with E-state index in [4.69, 9.17) is 5.73 Å². The fourth-order valence-electron chi connectivity index (χ4n) is 2.72. The molecule has 0 saturated carbocycles. The Kier molecular flexibility index (Phi) is 3.32. The van der Waals surface area contributed by atoms with Crippen LogP contribution >= 0.6 is 0 Å². The van der Waals surface area contributed by atoms with Gasteiger partial charge in [0.1, 0.15) is 5.82 Å². The summed E-state index contributed by atoms with van der Waals surface area (Å²) in [5, 5.41) is 0. The van der Waals surface area contributed by atoms with Crippen LogP contribution in [0.3, 0.4) is 0 Å². The number of nitrogens with two attached hydrogens (primary N) is 1. The summed E-state index contributed by atoms with van der Waals surface area (Å²) in [4.78, 5) is 9.12. The maximum absolute atomic E-state index is 6.09. The molecule has 1 atom stereocenters. The summed E-state index contributed by atoms with van der Waals surface area (Å²) in [5.74, 6) is 0.975. The molecule has 20 heavy (non-hydrogen) atoms. The summed E-state index contributed by atoms with van der Waals surface area (Å²) in [7, 11) is 2.13. The standard InChI is InChI=1S/C16H20N4/c1-12(17)13-6-5-9-18-16(13)20-11-10-19(2)14-7-3-4-8-15(14)20/h3-9,12H,10-11,17H2,1-2H3. The molecule has 0 fully saturated rings. The largest absolute Gasteiger partial charge is 0.371 e. The summed E-state index contributed by atoms with van der Waals surface area (Å²) in [6, 6.07) is 12.4. The number of benzene rings is 1. The normalized spacial score (nSPS) is 15.9. The van der Waals surface area contributed by atoms with Crippen molar-refractivity contribution in [3.05, 3.63) is 48.2 Å². The van der Waals surface area contributed by atoms with E-state index in [1.54, 1.807) is 0 Å². The zero-order valence-electron chi connectivity index (χ0n) is 12.0. The Bertz CT molecular complexity index is 609. The highest BCUT2D eigenvalue weighted by molar-refractivity contribution is 5.79. The van der Waals surface area contributed by atoms with E-state index in [2.05, 4.69) is 52.2 Å². The van der Waals surface area contributed by atoms with Gasteiger partial charge in [-0.15, -0.1) is 0 Å². The number of rotatable bonds is 2. The van der Waals surface area contributed by atoms with Crippen molar-refractivity contribution in [1.29, 1.82) is 0 Å². The first kappa shape index (κ1) is 12.9. The van der Waals surface area contributed by atoms with Gasteiger partial charge in [0.15, 0.2) is 0 Å². The predicted molar refractivity (Wildman–Crippen MR) is 83.6 cm³/mol. The van der Waals surface area contributed by atoms with Crippen LogP contribution in [0.2, 0.25) is 0 Å². The van der Waals surface area contributed by atoms with E-state index in [0.29, 0.717) is 0 Å². The molecule has 0 spiro atoms. The minimum Gasteiger partial charge on any atom is -0.371 e. The van der Waals surface area contributed by atoms with Gasteiger partial charge in [-0.25, -0.2) is 4.98 Å². The Morgan fingerprint density at radius 2 is 1.85 bits per heavy atom. The third-order valence-electron chi connectivity index (χ3n) is 3.81. The van der Waals surface area contributed by atoms with Gasteiger partial charge in [0.25, 0.3) is 0 Å². The Morgan fingerprint density at radius 1 is 1.10 bits per heavy atom. The molecule has 1 aliphatic heterocycles. The van der Waals surface area contributed by atoms with Crippen LogP contribution in [0.15, 0.2) is 42.6 Å². The highest BCUT2D eigenvalue weighted by Gasteiger charge is 2.24. The second-order valence-corrected chi connectivity index (χ2v) is 5.27. The SMILES string of the molecule is CC(N)c1cccnc1N1CCN(C)c2ccccc21. The predicted octanol–water partition coefficient (Wildman–Crippen LogP) is 2.69. The minimum atomic E-state index is -0.0227. The number of nitrogens with zero attached hydrogens (tertiary/aromatic N) is 3. The topological polar surface area (TPSA) is 45.4 Å². The lowest BCUT2D eigenvalue weighted by Gasteiger charge is -2.37. The molecule has 4 nitrogen and oxygen atoms in total. The average molecular weight is 268 g/mol. The second kappa shape index (κ2) is 5.13. The fraction of sp³-hybridized carbons (Fsp3) is 0.312. The molecule has 0 radical (unpaired) electrons. The number of hydrogen-bond acceptors (Lipinski definition) is 4. The van der Waals surface area contributed by atoms with Gasteiger partial charge >= 0.3 is 0 Å². The van der Waals surface area contributed by atoms with Gasteiger partial charge in [-0.05, 0) is 25.1 Å². The Balaban J connectivity index is 2.11. The molecule has 1 unspecified atom stereocenters. The maximum Gasteiger partial charge on any atom is 0.137 e. The zero-order chi connectivity index (χ0) is 14.1. The number of para-hydroxylation sites is 2. The minimum absolute atomic E-state index is 0.0227. The van der Waals surface area contributed by atoms with Crippen LogP contribution in [0.5, 0.6) is 0 Å². The summed E-state index contributed by atoms with van der Waals surface area (Å²) in [6.07, 6.45) is 1.84. The van der Waals surface area contributed by atoms with Crippen molar-refractivity contribution in [3.8, 4) is 0 Å². The van der Waals surface area contributed by atoms with Gasteiger partial charge in [0, 0.05) is 37.9 Å². The molecular weight excluding hydrogens is 248 g/mol. The highest BCUT2D eigenvalue weighted by atomic mass is 15.3. The van der Waals surface area contributed by atoms with Crippen LogP contribution in [0.1, 0.15) is 18.5 Å². The fourth-order valence-corrected chi connectivity index (χ4v) is 2.72. The van der Waals surface area contributed by atoms with Crippen molar-refractivity contribution in [2.24, 2.45) is 5.73 Å². The highest BCUT2D eigenvalue weighted by Crippen LogP contribution is 2.37. The van der Waals surface area contributed by atoms with Crippen LogP contribution in [-0.4, -0.2) is 25.1 Å². The van der Waals surface area contributed by atoms with Crippen LogP contribution < -0.4 is 15.5 Å².